The number of alkyl halides is 1. The highest BCUT2D eigenvalue weighted by Crippen LogP contribution is 2.30. The predicted molar refractivity (Wildman–Crippen MR) is 226 cm³/mol. The van der Waals surface area contributed by atoms with Gasteiger partial charge in [-0.1, -0.05) is 45.2 Å². The molecule has 0 saturated heterocycles. The molecule has 0 unspecified atom stereocenters. The van der Waals surface area contributed by atoms with Crippen LogP contribution in [-0.4, -0.2) is 84.0 Å². The van der Waals surface area contributed by atoms with Crippen LogP contribution in [0.5, 0.6) is 11.8 Å². The van der Waals surface area contributed by atoms with Crippen molar-refractivity contribution in [1.29, 1.82) is 0 Å². The Morgan fingerprint density at radius 1 is 0.678 bits per heavy atom. The Balaban J connectivity index is 0.000000214. The highest BCUT2D eigenvalue weighted by atomic mass is 35.5. The molecule has 59 heavy (non-hydrogen) atoms. The molecule has 3 aromatic carbocycles. The molecule has 0 radical (unpaired) electrons. The van der Waals surface area contributed by atoms with Crippen LogP contribution >= 0.6 is 11.6 Å². The third-order valence-corrected chi connectivity index (χ3v) is 8.96. The normalized spacial score (nSPS) is 13.0. The van der Waals surface area contributed by atoms with Crippen LogP contribution in [0.4, 0.5) is 23.0 Å². The number of aromatic amines is 1. The summed E-state index contributed by atoms with van der Waals surface area (Å²) in [5.74, 6) is -0.325. The van der Waals surface area contributed by atoms with Gasteiger partial charge < -0.3 is 35.7 Å². The first kappa shape index (κ1) is 42.7. The summed E-state index contributed by atoms with van der Waals surface area (Å²) in [6, 6.07) is 19.8. The zero-order valence-corrected chi connectivity index (χ0v) is 31.0. The second-order valence-electron chi connectivity index (χ2n) is 12.3. The molecule has 0 aliphatic carbocycles. The highest BCUT2D eigenvalue weighted by Gasteiger charge is 2.30. The lowest BCUT2D eigenvalue weighted by atomic mass is 10.1. The number of nitrogens with zero attached hydrogens (tertiary/aromatic N) is 9. The Bertz CT molecular complexity index is 2750. The van der Waals surface area contributed by atoms with E-state index < -0.39 is 0 Å². The Labute approximate surface area is 342 Å². The molecule has 2 amide bonds. The number of nitrogens with one attached hydrogen (secondary N) is 1. The molecule has 0 saturated carbocycles. The van der Waals surface area contributed by atoms with Crippen molar-refractivity contribution >= 4 is 68.2 Å². The van der Waals surface area contributed by atoms with Gasteiger partial charge in [-0.3, -0.25) is 23.7 Å². The van der Waals surface area contributed by atoms with E-state index in [1.807, 2.05) is 30.3 Å². The quantitative estimate of drug-likeness (QED) is 0.210. The van der Waals surface area contributed by atoms with Crippen LogP contribution in [-0.2, 0) is 6.54 Å². The fourth-order valence-corrected chi connectivity index (χ4v) is 6.25. The molecule has 19 heteroatoms. The van der Waals surface area contributed by atoms with E-state index in [0.717, 1.165) is 5.56 Å². The molecule has 2 aliphatic heterocycles. The van der Waals surface area contributed by atoms with Crippen LogP contribution in [0, 0.1) is 0 Å². The first-order valence-corrected chi connectivity index (χ1v) is 18.0. The molecular weight excluding hydrogens is 780 g/mol. The van der Waals surface area contributed by atoms with Crippen molar-refractivity contribution in [2.24, 2.45) is 0 Å². The van der Waals surface area contributed by atoms with Gasteiger partial charge >= 0.3 is 0 Å². The number of carbonyl (C=O) groups is 2. The number of fused-ring (bicyclic) bond motifs is 4. The van der Waals surface area contributed by atoms with Crippen molar-refractivity contribution in [3.8, 4) is 11.8 Å². The lowest BCUT2D eigenvalue weighted by molar-refractivity contribution is 0.0982. The molecule has 0 fully saturated rings. The van der Waals surface area contributed by atoms with Gasteiger partial charge in [-0.25, -0.2) is 29.9 Å². The molecule has 6 heterocycles. The Kier molecular flexibility index (Phi) is 13.5. The summed E-state index contributed by atoms with van der Waals surface area (Å²) in [4.78, 5) is 80.8. The van der Waals surface area contributed by atoms with E-state index in [9.17, 15) is 19.2 Å². The average Bonchev–Trinajstić information content (AvgIpc) is 3.52. The summed E-state index contributed by atoms with van der Waals surface area (Å²) < 4.78 is 12.6. The largest absolute Gasteiger partial charge is 0.475 e. The number of hydrogen-bond acceptors (Lipinski definition) is 14. The smallest absolute Gasteiger partial charge is 0.267 e. The molecule has 5 N–H and O–H groups in total. The zero-order chi connectivity index (χ0) is 40.1. The van der Waals surface area contributed by atoms with E-state index in [1.165, 1.54) is 41.5 Å². The summed E-state index contributed by atoms with van der Waals surface area (Å²) in [6.45, 7) is 1.45. The van der Waals surface area contributed by atoms with Gasteiger partial charge in [0.15, 0.2) is 0 Å². The van der Waals surface area contributed by atoms with E-state index >= 15 is 0 Å². The molecule has 7 aromatic rings. The van der Waals surface area contributed by atoms with Gasteiger partial charge in [-0.15, -0.1) is 11.6 Å². The number of rotatable bonds is 4. The van der Waals surface area contributed by atoms with Gasteiger partial charge in [0.2, 0.25) is 11.8 Å². The first-order valence-electron chi connectivity index (χ1n) is 17.3. The molecule has 304 valence electrons. The van der Waals surface area contributed by atoms with Crippen molar-refractivity contribution < 1.29 is 19.1 Å². The number of hydrogen-bond donors (Lipinski definition) is 3. The maximum Gasteiger partial charge on any atom is 0.267 e. The number of anilines is 4. The minimum Gasteiger partial charge on any atom is -0.475 e. The van der Waals surface area contributed by atoms with E-state index in [-0.39, 0.29) is 98.6 Å². The molecule has 0 atom stereocenters. The molecule has 18 nitrogen and oxygen atoms in total. The van der Waals surface area contributed by atoms with Gasteiger partial charge in [0, 0.05) is 17.8 Å². The van der Waals surface area contributed by atoms with Crippen molar-refractivity contribution in [3.63, 3.8) is 0 Å². The minimum atomic E-state index is -0.376. The third kappa shape index (κ3) is 8.62. The lowest BCUT2D eigenvalue weighted by Gasteiger charge is -2.20. The number of nitrogens with two attached hydrogens (primary N) is 2. The fourth-order valence-electron chi connectivity index (χ4n) is 6.25. The number of benzene rings is 3. The Morgan fingerprint density at radius 2 is 1.20 bits per heavy atom. The first-order chi connectivity index (χ1) is 27.8. The van der Waals surface area contributed by atoms with Gasteiger partial charge in [-0.2, -0.15) is 0 Å². The van der Waals surface area contributed by atoms with Crippen molar-refractivity contribution in [2.45, 2.75) is 21.4 Å². The number of ether oxygens (including phenoxy) is 2. The predicted octanol–water partition coefficient (Wildman–Crippen LogP) is 4.32. The second-order valence-corrected chi connectivity index (χ2v) is 12.3. The molecule has 4 aromatic heterocycles. The van der Waals surface area contributed by atoms with Crippen LogP contribution in [0.25, 0.3) is 21.8 Å². The monoisotopic (exact) mass is 820 g/mol. The van der Waals surface area contributed by atoms with Crippen LogP contribution in [0.3, 0.4) is 0 Å². The Hall–Kier alpha value is -7.47. The SMILES string of the molecule is C.C.CCl.Nc1ncnc2c1C(=O)N(c1ccc3nc[nH]c(=O)c3c1)CCO2.Nc1ncnc2c1C(=O)N(c1ccc3ncn(Cc4ccccc4)c(=O)c3c1)CCO2. The molecular formula is C40H41ClN12O6. The number of nitrogen functional groups attached to an aromatic ring is 2. The van der Waals surface area contributed by atoms with Crippen molar-refractivity contribution in [2.75, 3.05) is 54.0 Å². The summed E-state index contributed by atoms with van der Waals surface area (Å²) in [6.07, 6.45) is 6.85. The lowest BCUT2D eigenvalue weighted by Crippen LogP contribution is -2.33. The zero-order valence-electron chi connectivity index (χ0n) is 30.2. The second kappa shape index (κ2) is 18.6. The molecule has 0 bridgehead atoms. The topological polar surface area (TPSA) is 243 Å². The van der Waals surface area contributed by atoms with Crippen LogP contribution in [0.15, 0.2) is 102 Å². The van der Waals surface area contributed by atoms with Crippen LogP contribution < -0.4 is 41.9 Å². The minimum absolute atomic E-state index is 0. The van der Waals surface area contributed by atoms with Gasteiger partial charge in [0.25, 0.3) is 22.9 Å². The number of amides is 2. The summed E-state index contributed by atoms with van der Waals surface area (Å²) >= 11 is 4.64. The maximum absolute atomic E-state index is 13.2. The number of halogens is 1. The molecule has 2 aliphatic rings. The average molecular weight is 821 g/mol. The van der Waals surface area contributed by atoms with Gasteiger partial charge in [0.1, 0.15) is 48.6 Å². The van der Waals surface area contributed by atoms with E-state index in [1.54, 1.807) is 41.0 Å². The van der Waals surface area contributed by atoms with Crippen LogP contribution in [0.1, 0.15) is 41.1 Å². The number of H-pyrrole nitrogens is 1. The van der Waals surface area contributed by atoms with Gasteiger partial charge in [0.05, 0.1) is 54.1 Å². The van der Waals surface area contributed by atoms with E-state index in [4.69, 9.17) is 20.9 Å². The van der Waals surface area contributed by atoms with E-state index in [2.05, 4.69) is 46.5 Å². The third-order valence-electron chi connectivity index (χ3n) is 8.96. The summed E-state index contributed by atoms with van der Waals surface area (Å²) in [5.41, 5.74) is 14.7. The summed E-state index contributed by atoms with van der Waals surface area (Å²) in [7, 11) is 0. The van der Waals surface area contributed by atoms with Crippen LogP contribution in [0.2, 0.25) is 0 Å². The standard InChI is InChI=1S/C22H18N6O3.C15H12N6O3.CH3Cl.2CH4/c23-19-18-20(25-12-24-19)31-9-8-28(22(18)30)15-6-7-17-16(10-15)21(29)27(13-26-17)11-14-4-2-1-3-5-14;16-12-11-14(20-7-18-12)24-4-3-21(15(11)23)8-1-2-10-9(5-8)13(22)19-6-17-10;1-2;;/h1-7,10,12-13H,8-9,11H2,(H2,23,24,25);1-2,5-7H,3-4H2,(H2,16,18,20)(H,17,19,22);1H3;2*1H4. The number of carbonyl (C=O) groups excluding carboxylic acids is 2. The Morgan fingerprint density at radius 3 is 1.76 bits per heavy atom. The maximum atomic E-state index is 13.2. The van der Waals surface area contributed by atoms with E-state index in [0.29, 0.717) is 39.7 Å². The van der Waals surface area contributed by atoms with Crippen molar-refractivity contribution in [1.82, 2.24) is 39.5 Å². The van der Waals surface area contributed by atoms with Crippen molar-refractivity contribution in [3.05, 3.63) is 129 Å². The highest BCUT2D eigenvalue weighted by molar-refractivity contribution is 6.15. The summed E-state index contributed by atoms with van der Waals surface area (Å²) in [5, 5.41) is 0.817. The molecule has 9 rings (SSSR count). The van der Waals surface area contributed by atoms with Gasteiger partial charge in [-0.05, 0) is 42.0 Å². The fraction of sp³-hybridized carbons (Fsp3) is 0.200. The molecule has 0 spiro atoms. The number of aromatic nitrogens is 8.